The number of anilines is 1. The maximum absolute atomic E-state index is 5.92. The minimum absolute atomic E-state index is 0.0629. The Morgan fingerprint density at radius 3 is 2.76 bits per heavy atom. The van der Waals surface area contributed by atoms with Crippen LogP contribution < -0.4 is 15.8 Å². The second-order valence-corrected chi connectivity index (χ2v) is 3.86. The van der Waals surface area contributed by atoms with Crippen molar-refractivity contribution in [2.45, 2.75) is 13.0 Å². The number of methoxy groups -OCH3 is 1. The Bertz CT molecular complexity index is 541. The molecule has 1 aromatic heterocycles. The summed E-state index contributed by atoms with van der Waals surface area (Å²) >= 11 is 0. The van der Waals surface area contributed by atoms with Crippen LogP contribution >= 0.6 is 0 Å². The molecule has 0 aliphatic rings. The predicted octanol–water partition coefficient (Wildman–Crippen LogP) is 1.50. The molecule has 2 rings (SSSR count). The van der Waals surface area contributed by atoms with Crippen molar-refractivity contribution in [3.8, 4) is 5.75 Å². The van der Waals surface area contributed by atoms with E-state index in [2.05, 4.69) is 15.3 Å². The van der Waals surface area contributed by atoms with E-state index in [1.807, 2.05) is 32.2 Å². The van der Waals surface area contributed by atoms with E-state index < -0.39 is 0 Å². The van der Waals surface area contributed by atoms with Crippen LogP contribution in [0.3, 0.4) is 0 Å². The van der Waals surface area contributed by atoms with Crippen molar-refractivity contribution < 1.29 is 4.74 Å². The summed E-state index contributed by atoms with van der Waals surface area (Å²) in [4.78, 5) is 8.77. The summed E-state index contributed by atoms with van der Waals surface area (Å²) in [6.45, 7) is 1.99. The van der Waals surface area contributed by atoms with E-state index in [4.69, 9.17) is 10.5 Å². The van der Waals surface area contributed by atoms with Gasteiger partial charge in [-0.2, -0.15) is 0 Å². The molecule has 5 heteroatoms. The van der Waals surface area contributed by atoms with Crippen molar-refractivity contribution >= 4 is 16.7 Å². The fourth-order valence-corrected chi connectivity index (χ4v) is 1.60. The Morgan fingerprint density at radius 1 is 1.35 bits per heavy atom. The molecule has 1 unspecified atom stereocenters. The molecule has 0 spiro atoms. The van der Waals surface area contributed by atoms with Crippen molar-refractivity contribution in [2.75, 3.05) is 19.9 Å². The minimum Gasteiger partial charge on any atom is -0.497 e. The number of hydrogen-bond acceptors (Lipinski definition) is 5. The van der Waals surface area contributed by atoms with Gasteiger partial charge in [-0.15, -0.1) is 0 Å². The molecular weight excluding hydrogens is 216 g/mol. The first-order valence-corrected chi connectivity index (χ1v) is 5.44. The number of nitrogens with zero attached hydrogens (tertiary/aromatic N) is 2. The fraction of sp³-hybridized carbons (Fsp3) is 0.333. The first-order chi connectivity index (χ1) is 8.15. The van der Waals surface area contributed by atoms with Gasteiger partial charge < -0.3 is 15.8 Å². The van der Waals surface area contributed by atoms with Gasteiger partial charge in [-0.25, -0.2) is 9.97 Å². The number of fused-ring (bicyclic) bond motifs is 1. The molecule has 5 nitrogen and oxygen atoms in total. The number of aromatic nitrogens is 2. The molecule has 17 heavy (non-hydrogen) atoms. The average molecular weight is 232 g/mol. The first-order valence-electron chi connectivity index (χ1n) is 5.44. The lowest BCUT2D eigenvalue weighted by Gasteiger charge is -2.11. The van der Waals surface area contributed by atoms with Gasteiger partial charge in [0.05, 0.1) is 18.7 Å². The number of benzene rings is 1. The number of rotatable bonds is 3. The Kier molecular flexibility index (Phi) is 3.10. The van der Waals surface area contributed by atoms with Gasteiger partial charge in [0.2, 0.25) is 0 Å². The van der Waals surface area contributed by atoms with Crippen molar-refractivity contribution in [2.24, 2.45) is 0 Å². The van der Waals surface area contributed by atoms with Crippen LogP contribution in [0.15, 0.2) is 18.2 Å². The van der Waals surface area contributed by atoms with E-state index >= 15 is 0 Å². The molecule has 1 aromatic carbocycles. The molecule has 0 aliphatic carbocycles. The molecule has 1 atom stereocenters. The Morgan fingerprint density at radius 2 is 2.12 bits per heavy atom. The molecule has 0 saturated carbocycles. The van der Waals surface area contributed by atoms with Crippen molar-refractivity contribution in [3.05, 3.63) is 24.0 Å². The minimum atomic E-state index is 0.0629. The highest BCUT2D eigenvalue weighted by atomic mass is 16.5. The highest BCUT2D eigenvalue weighted by molar-refractivity contribution is 5.88. The maximum Gasteiger partial charge on any atom is 0.148 e. The van der Waals surface area contributed by atoms with Gasteiger partial charge in [0.15, 0.2) is 0 Å². The van der Waals surface area contributed by atoms with Crippen LogP contribution in [0.4, 0.5) is 5.82 Å². The van der Waals surface area contributed by atoms with E-state index in [0.717, 1.165) is 16.7 Å². The molecule has 0 saturated heterocycles. The third-order valence-electron chi connectivity index (χ3n) is 2.77. The van der Waals surface area contributed by atoms with Crippen molar-refractivity contribution in [1.29, 1.82) is 0 Å². The molecule has 90 valence electrons. The second kappa shape index (κ2) is 4.55. The SMILES string of the molecule is CNC(C)c1nc(N)c2ccc(OC)cc2n1. The smallest absolute Gasteiger partial charge is 0.148 e. The number of nitrogens with two attached hydrogens (primary N) is 1. The van der Waals surface area contributed by atoms with Crippen LogP contribution in [0.5, 0.6) is 5.75 Å². The lowest BCUT2D eigenvalue weighted by Crippen LogP contribution is -2.16. The van der Waals surface area contributed by atoms with Gasteiger partial charge in [0.25, 0.3) is 0 Å². The summed E-state index contributed by atoms with van der Waals surface area (Å²) in [6, 6.07) is 5.65. The molecular formula is C12H16N4O. The van der Waals surface area contributed by atoms with Gasteiger partial charge in [-0.3, -0.25) is 0 Å². The zero-order valence-electron chi connectivity index (χ0n) is 10.2. The quantitative estimate of drug-likeness (QED) is 0.839. The predicted molar refractivity (Wildman–Crippen MR) is 68.0 cm³/mol. The van der Waals surface area contributed by atoms with Gasteiger partial charge in [0, 0.05) is 11.5 Å². The summed E-state index contributed by atoms with van der Waals surface area (Å²) in [6.07, 6.45) is 0. The molecule has 0 aliphatic heterocycles. The number of hydrogen-bond donors (Lipinski definition) is 2. The molecule has 3 N–H and O–H groups in total. The zero-order chi connectivity index (χ0) is 12.4. The molecule has 0 fully saturated rings. The van der Waals surface area contributed by atoms with E-state index in [1.54, 1.807) is 7.11 Å². The monoisotopic (exact) mass is 232 g/mol. The third kappa shape index (κ3) is 2.14. The van der Waals surface area contributed by atoms with Gasteiger partial charge in [-0.05, 0) is 26.1 Å². The zero-order valence-corrected chi connectivity index (χ0v) is 10.2. The number of nitrogens with one attached hydrogen (secondary N) is 1. The van der Waals surface area contributed by atoms with Gasteiger partial charge >= 0.3 is 0 Å². The van der Waals surface area contributed by atoms with Crippen LogP contribution in [0.1, 0.15) is 18.8 Å². The lowest BCUT2D eigenvalue weighted by atomic mass is 10.2. The first kappa shape index (κ1) is 11.6. The largest absolute Gasteiger partial charge is 0.497 e. The molecule has 1 heterocycles. The Balaban J connectivity index is 2.61. The van der Waals surface area contributed by atoms with E-state index in [1.165, 1.54) is 0 Å². The van der Waals surface area contributed by atoms with Gasteiger partial charge in [-0.1, -0.05) is 0 Å². The van der Waals surface area contributed by atoms with Gasteiger partial charge in [0.1, 0.15) is 17.4 Å². The van der Waals surface area contributed by atoms with Crippen molar-refractivity contribution in [3.63, 3.8) is 0 Å². The Hall–Kier alpha value is -1.88. The third-order valence-corrected chi connectivity index (χ3v) is 2.77. The highest BCUT2D eigenvalue weighted by Crippen LogP contribution is 2.24. The summed E-state index contributed by atoms with van der Waals surface area (Å²) in [5.74, 6) is 1.94. The average Bonchev–Trinajstić information content (AvgIpc) is 2.36. The van der Waals surface area contributed by atoms with E-state index in [0.29, 0.717) is 11.6 Å². The summed E-state index contributed by atoms with van der Waals surface area (Å²) in [5.41, 5.74) is 6.72. The summed E-state index contributed by atoms with van der Waals surface area (Å²) in [5, 5.41) is 3.94. The topological polar surface area (TPSA) is 73.1 Å². The van der Waals surface area contributed by atoms with Crippen LogP contribution in [-0.4, -0.2) is 24.1 Å². The second-order valence-electron chi connectivity index (χ2n) is 3.86. The molecule has 0 radical (unpaired) electrons. The van der Waals surface area contributed by atoms with E-state index in [-0.39, 0.29) is 6.04 Å². The summed E-state index contributed by atoms with van der Waals surface area (Å²) < 4.78 is 5.17. The number of nitrogen functional groups attached to an aromatic ring is 1. The lowest BCUT2D eigenvalue weighted by molar-refractivity contribution is 0.415. The summed E-state index contributed by atoms with van der Waals surface area (Å²) in [7, 11) is 3.49. The normalized spacial score (nSPS) is 12.6. The molecule has 2 aromatic rings. The van der Waals surface area contributed by atoms with Crippen LogP contribution in [0.2, 0.25) is 0 Å². The standard InChI is InChI=1S/C12H16N4O/c1-7(14-2)12-15-10-6-8(17-3)4-5-9(10)11(13)16-12/h4-7,14H,1-3H3,(H2,13,15,16). The fourth-order valence-electron chi connectivity index (χ4n) is 1.60. The van der Waals surface area contributed by atoms with Crippen molar-refractivity contribution in [1.82, 2.24) is 15.3 Å². The highest BCUT2D eigenvalue weighted by Gasteiger charge is 2.10. The molecule has 0 amide bonds. The maximum atomic E-state index is 5.92. The van der Waals surface area contributed by atoms with Crippen LogP contribution in [0, 0.1) is 0 Å². The van der Waals surface area contributed by atoms with E-state index in [9.17, 15) is 0 Å². The molecule has 0 bridgehead atoms. The van der Waals surface area contributed by atoms with Crippen LogP contribution in [-0.2, 0) is 0 Å². The Labute approximate surface area is 100 Å². The van der Waals surface area contributed by atoms with Crippen LogP contribution in [0.25, 0.3) is 10.9 Å². The number of ether oxygens (including phenoxy) is 1.